The second-order valence-corrected chi connectivity index (χ2v) is 4.34. The van der Waals surface area contributed by atoms with E-state index in [2.05, 4.69) is 0 Å². The van der Waals surface area contributed by atoms with Gasteiger partial charge in [-0.05, 0) is 24.3 Å². The summed E-state index contributed by atoms with van der Waals surface area (Å²) in [5.74, 6) is -0.0720. The lowest BCUT2D eigenvalue weighted by Crippen LogP contribution is -2.26. The fourth-order valence-electron chi connectivity index (χ4n) is 1.92. The molecule has 0 saturated heterocycles. The summed E-state index contributed by atoms with van der Waals surface area (Å²) >= 11 is 0. The third-order valence-corrected chi connectivity index (χ3v) is 3.08. The van der Waals surface area contributed by atoms with Crippen LogP contribution in [0.1, 0.15) is 10.4 Å². The fourth-order valence-corrected chi connectivity index (χ4v) is 1.92. The standard InChI is InChI=1S/C15H14N2O4/c1-16(11-6-4-3-5-7-11)15(18)13-10-12(21-2)8-9-14(13)17(19)20/h3-10H,1-2H3. The third-order valence-electron chi connectivity index (χ3n) is 3.08. The van der Waals surface area contributed by atoms with Gasteiger partial charge >= 0.3 is 0 Å². The minimum atomic E-state index is -0.578. The smallest absolute Gasteiger partial charge is 0.282 e. The van der Waals surface area contributed by atoms with Gasteiger partial charge in [-0.1, -0.05) is 18.2 Å². The number of nitrogens with zero attached hydrogens (tertiary/aromatic N) is 2. The topological polar surface area (TPSA) is 72.7 Å². The fraction of sp³-hybridized carbons (Fsp3) is 0.133. The lowest BCUT2D eigenvalue weighted by atomic mass is 10.1. The van der Waals surface area contributed by atoms with E-state index in [0.717, 1.165) is 0 Å². The van der Waals surface area contributed by atoms with E-state index >= 15 is 0 Å². The molecule has 21 heavy (non-hydrogen) atoms. The zero-order valence-electron chi connectivity index (χ0n) is 11.6. The zero-order valence-corrected chi connectivity index (χ0v) is 11.6. The largest absolute Gasteiger partial charge is 0.497 e. The number of methoxy groups -OCH3 is 1. The molecule has 6 heteroatoms. The Balaban J connectivity index is 2.44. The molecule has 1 amide bonds. The van der Waals surface area contributed by atoms with E-state index in [-0.39, 0.29) is 11.3 Å². The van der Waals surface area contributed by atoms with E-state index in [4.69, 9.17) is 4.74 Å². The van der Waals surface area contributed by atoms with E-state index in [1.54, 1.807) is 31.3 Å². The summed E-state index contributed by atoms with van der Waals surface area (Å²) < 4.78 is 5.03. The molecule has 108 valence electrons. The number of carbonyl (C=O) groups is 1. The summed E-state index contributed by atoms with van der Waals surface area (Å²) in [5.41, 5.74) is 0.397. The van der Waals surface area contributed by atoms with Crippen LogP contribution in [0.25, 0.3) is 0 Å². The second-order valence-electron chi connectivity index (χ2n) is 4.34. The van der Waals surface area contributed by atoms with Crippen LogP contribution in [0.4, 0.5) is 11.4 Å². The number of hydrogen-bond donors (Lipinski definition) is 0. The highest BCUT2D eigenvalue weighted by Gasteiger charge is 2.24. The maximum absolute atomic E-state index is 12.5. The van der Waals surface area contributed by atoms with Crippen molar-refractivity contribution >= 4 is 17.3 Å². The number of anilines is 1. The predicted molar refractivity (Wildman–Crippen MR) is 78.8 cm³/mol. The lowest BCUT2D eigenvalue weighted by molar-refractivity contribution is -0.385. The minimum Gasteiger partial charge on any atom is -0.497 e. The molecule has 0 heterocycles. The van der Waals surface area contributed by atoms with Crippen molar-refractivity contribution in [2.45, 2.75) is 0 Å². The average molecular weight is 286 g/mol. The Hall–Kier alpha value is -2.89. The van der Waals surface area contributed by atoms with E-state index in [9.17, 15) is 14.9 Å². The summed E-state index contributed by atoms with van der Waals surface area (Å²) in [6, 6.07) is 13.0. The van der Waals surface area contributed by atoms with Crippen molar-refractivity contribution < 1.29 is 14.5 Å². The highest BCUT2D eigenvalue weighted by Crippen LogP contribution is 2.26. The Kier molecular flexibility index (Phi) is 4.18. The van der Waals surface area contributed by atoms with Gasteiger partial charge in [0.05, 0.1) is 12.0 Å². The van der Waals surface area contributed by atoms with Crippen LogP contribution >= 0.6 is 0 Å². The normalized spacial score (nSPS) is 10.0. The van der Waals surface area contributed by atoms with Gasteiger partial charge in [0, 0.05) is 18.8 Å². The van der Waals surface area contributed by atoms with E-state index < -0.39 is 10.8 Å². The number of para-hydroxylation sites is 1. The molecule has 6 nitrogen and oxygen atoms in total. The van der Waals surface area contributed by atoms with Crippen LogP contribution in [0, 0.1) is 10.1 Å². The monoisotopic (exact) mass is 286 g/mol. The van der Waals surface area contributed by atoms with Crippen LogP contribution in [0.15, 0.2) is 48.5 Å². The molecule has 2 rings (SSSR count). The molecular formula is C15H14N2O4. The molecule has 0 spiro atoms. The van der Waals surface area contributed by atoms with Crippen molar-refractivity contribution in [3.63, 3.8) is 0 Å². The van der Waals surface area contributed by atoms with Crippen molar-refractivity contribution in [3.05, 3.63) is 64.2 Å². The lowest BCUT2D eigenvalue weighted by Gasteiger charge is -2.17. The van der Waals surface area contributed by atoms with Gasteiger partial charge in [0.25, 0.3) is 11.6 Å². The molecule has 0 fully saturated rings. The van der Waals surface area contributed by atoms with Crippen LogP contribution in [-0.4, -0.2) is 25.0 Å². The van der Waals surface area contributed by atoms with Gasteiger partial charge in [0.15, 0.2) is 0 Å². The Labute approximate surface area is 121 Å². The van der Waals surface area contributed by atoms with Gasteiger partial charge in [-0.25, -0.2) is 0 Å². The molecule has 0 unspecified atom stereocenters. The molecule has 0 N–H and O–H groups in total. The van der Waals surface area contributed by atoms with E-state index in [1.165, 1.54) is 30.2 Å². The first-order valence-electron chi connectivity index (χ1n) is 6.20. The zero-order chi connectivity index (χ0) is 15.4. The highest BCUT2D eigenvalue weighted by atomic mass is 16.6. The number of benzene rings is 2. The quantitative estimate of drug-likeness (QED) is 0.640. The number of ether oxygens (including phenoxy) is 1. The van der Waals surface area contributed by atoms with Gasteiger partial charge in [-0.2, -0.15) is 0 Å². The number of rotatable bonds is 4. The number of hydrogen-bond acceptors (Lipinski definition) is 4. The first-order chi connectivity index (χ1) is 10.0. The van der Waals surface area contributed by atoms with Crippen molar-refractivity contribution in [2.75, 3.05) is 19.1 Å². The predicted octanol–water partition coefficient (Wildman–Crippen LogP) is 2.88. The van der Waals surface area contributed by atoms with E-state index in [0.29, 0.717) is 11.4 Å². The molecule has 0 saturated carbocycles. The Morgan fingerprint density at radius 1 is 1.19 bits per heavy atom. The first kappa shape index (κ1) is 14.5. The molecule has 0 radical (unpaired) electrons. The van der Waals surface area contributed by atoms with Crippen LogP contribution in [0.3, 0.4) is 0 Å². The maximum atomic E-state index is 12.5. The SMILES string of the molecule is COc1ccc([N+](=O)[O-])c(C(=O)N(C)c2ccccc2)c1. The van der Waals surface area contributed by atoms with Crippen molar-refractivity contribution in [1.29, 1.82) is 0 Å². The van der Waals surface area contributed by atoms with Gasteiger partial charge in [-0.3, -0.25) is 14.9 Å². The first-order valence-corrected chi connectivity index (χ1v) is 6.20. The molecule has 2 aromatic carbocycles. The molecule has 0 bridgehead atoms. The number of amides is 1. The van der Waals surface area contributed by atoms with Gasteiger partial charge < -0.3 is 9.64 Å². The highest BCUT2D eigenvalue weighted by molar-refractivity contribution is 6.08. The van der Waals surface area contributed by atoms with Crippen molar-refractivity contribution in [3.8, 4) is 5.75 Å². The van der Waals surface area contributed by atoms with Crippen LogP contribution < -0.4 is 9.64 Å². The molecule has 0 aliphatic rings. The molecule has 0 aromatic heterocycles. The number of nitro groups is 1. The Morgan fingerprint density at radius 3 is 2.43 bits per heavy atom. The van der Waals surface area contributed by atoms with Crippen molar-refractivity contribution in [2.24, 2.45) is 0 Å². The molecule has 0 aliphatic carbocycles. The van der Waals surface area contributed by atoms with Gasteiger partial charge in [0.2, 0.25) is 0 Å². The number of carbonyl (C=O) groups excluding carboxylic acids is 1. The minimum absolute atomic E-state index is 0.00861. The Bertz CT molecular complexity index is 671. The molecular weight excluding hydrogens is 272 g/mol. The van der Waals surface area contributed by atoms with Crippen molar-refractivity contribution in [1.82, 2.24) is 0 Å². The second kappa shape index (κ2) is 6.04. The summed E-state index contributed by atoms with van der Waals surface area (Å²) in [6.07, 6.45) is 0. The summed E-state index contributed by atoms with van der Waals surface area (Å²) in [6.45, 7) is 0. The van der Waals surface area contributed by atoms with E-state index in [1.807, 2.05) is 6.07 Å². The summed E-state index contributed by atoms with van der Waals surface area (Å²) in [5, 5.41) is 11.1. The average Bonchev–Trinajstić information content (AvgIpc) is 2.53. The maximum Gasteiger partial charge on any atom is 0.282 e. The molecule has 0 atom stereocenters. The number of nitro benzene ring substituents is 1. The third kappa shape index (κ3) is 3.00. The van der Waals surface area contributed by atoms with Crippen LogP contribution in [-0.2, 0) is 0 Å². The molecule has 2 aromatic rings. The summed E-state index contributed by atoms with van der Waals surface area (Å²) in [7, 11) is 3.01. The van der Waals surface area contributed by atoms with Crippen LogP contribution in [0.2, 0.25) is 0 Å². The van der Waals surface area contributed by atoms with Gasteiger partial charge in [0.1, 0.15) is 11.3 Å². The summed E-state index contributed by atoms with van der Waals surface area (Å²) in [4.78, 5) is 24.4. The van der Waals surface area contributed by atoms with Gasteiger partial charge in [-0.15, -0.1) is 0 Å². The van der Waals surface area contributed by atoms with Crippen LogP contribution in [0.5, 0.6) is 5.75 Å². The Morgan fingerprint density at radius 2 is 1.86 bits per heavy atom. The molecule has 0 aliphatic heterocycles.